The maximum atomic E-state index is 13.5. The molecule has 0 amide bonds. The zero-order valence-electron chi connectivity index (χ0n) is 11.2. The van der Waals surface area contributed by atoms with Crippen LogP contribution in [0.2, 0.25) is 0 Å². The fourth-order valence-corrected chi connectivity index (χ4v) is 2.44. The Balaban J connectivity index is 1.69. The Morgan fingerprint density at radius 2 is 2.11 bits per heavy atom. The predicted molar refractivity (Wildman–Crippen MR) is 73.1 cm³/mol. The molecule has 4 heteroatoms. The van der Waals surface area contributed by atoms with E-state index in [1.807, 2.05) is 6.07 Å². The van der Waals surface area contributed by atoms with E-state index in [0.717, 1.165) is 19.5 Å². The van der Waals surface area contributed by atoms with Crippen LogP contribution in [0.5, 0.6) is 0 Å². The quantitative estimate of drug-likeness (QED) is 0.798. The minimum Gasteiger partial charge on any atom is -0.313 e. The largest absolute Gasteiger partial charge is 0.313 e. The monoisotopic (exact) mass is 261 g/mol. The zero-order valence-corrected chi connectivity index (χ0v) is 11.2. The minimum absolute atomic E-state index is 0.244. The van der Waals surface area contributed by atoms with Gasteiger partial charge >= 0.3 is 0 Å². The molecule has 0 bridgehead atoms. The van der Waals surface area contributed by atoms with Crippen molar-refractivity contribution in [1.82, 2.24) is 10.2 Å². The van der Waals surface area contributed by atoms with Gasteiger partial charge in [0.05, 0.1) is 11.6 Å². The average molecular weight is 261 g/mol. The number of nitrogens with zero attached hydrogens (tertiary/aromatic N) is 2. The van der Waals surface area contributed by atoms with E-state index in [1.54, 1.807) is 6.07 Å². The highest BCUT2D eigenvalue weighted by Crippen LogP contribution is 2.10. The molecule has 0 spiro atoms. The highest BCUT2D eigenvalue weighted by atomic mass is 19.1. The molecule has 0 saturated carbocycles. The van der Waals surface area contributed by atoms with Crippen LogP contribution in [0.1, 0.15) is 30.4 Å². The van der Waals surface area contributed by atoms with Crippen LogP contribution in [0.25, 0.3) is 0 Å². The summed E-state index contributed by atoms with van der Waals surface area (Å²) in [4.78, 5) is 2.47. The summed E-state index contributed by atoms with van der Waals surface area (Å²) >= 11 is 0. The number of nitrogens with one attached hydrogen (secondary N) is 1. The molecular weight excluding hydrogens is 241 g/mol. The summed E-state index contributed by atoms with van der Waals surface area (Å²) in [5, 5.41) is 12.0. The lowest BCUT2D eigenvalue weighted by atomic mass is 10.1. The van der Waals surface area contributed by atoms with Crippen molar-refractivity contribution in [3.8, 4) is 6.07 Å². The van der Waals surface area contributed by atoms with Crippen LogP contribution in [0, 0.1) is 17.1 Å². The molecule has 1 heterocycles. The van der Waals surface area contributed by atoms with Gasteiger partial charge in [-0.2, -0.15) is 5.26 Å². The topological polar surface area (TPSA) is 39.1 Å². The van der Waals surface area contributed by atoms with E-state index in [-0.39, 0.29) is 5.82 Å². The summed E-state index contributed by atoms with van der Waals surface area (Å²) in [5.74, 6) is -0.244. The Bertz CT molecular complexity index is 447. The number of nitriles is 1. The van der Waals surface area contributed by atoms with Gasteiger partial charge in [0.2, 0.25) is 0 Å². The van der Waals surface area contributed by atoms with Gasteiger partial charge in [-0.1, -0.05) is 0 Å². The van der Waals surface area contributed by atoms with Crippen LogP contribution < -0.4 is 5.32 Å². The standard InChI is InChI=1S/C15H20FN3/c16-15-5-4-13(11-17)10-14(15)12-18-6-3-9-19-7-1-2-8-19/h4-5,10,18H,1-3,6-9,12H2. The minimum atomic E-state index is -0.244. The lowest BCUT2D eigenvalue weighted by molar-refractivity contribution is 0.331. The van der Waals surface area contributed by atoms with Gasteiger partial charge in [-0.3, -0.25) is 0 Å². The molecule has 19 heavy (non-hydrogen) atoms. The molecule has 1 aliphatic rings. The molecule has 1 fully saturated rings. The van der Waals surface area contributed by atoms with Crippen molar-refractivity contribution in [3.05, 3.63) is 35.1 Å². The van der Waals surface area contributed by atoms with Crippen LogP contribution in [0.15, 0.2) is 18.2 Å². The zero-order chi connectivity index (χ0) is 13.5. The molecule has 1 saturated heterocycles. The summed E-state index contributed by atoms with van der Waals surface area (Å²) in [6.07, 6.45) is 3.72. The number of likely N-dealkylation sites (tertiary alicyclic amines) is 1. The summed E-state index contributed by atoms with van der Waals surface area (Å²) in [5.41, 5.74) is 1.08. The third kappa shape index (κ3) is 4.30. The van der Waals surface area contributed by atoms with Gasteiger partial charge in [-0.05, 0) is 63.6 Å². The lowest BCUT2D eigenvalue weighted by Crippen LogP contribution is -2.24. The average Bonchev–Trinajstić information content (AvgIpc) is 2.93. The molecule has 1 aromatic carbocycles. The second-order valence-electron chi connectivity index (χ2n) is 5.00. The van der Waals surface area contributed by atoms with Gasteiger partial charge in [0.25, 0.3) is 0 Å². The first-order valence-electron chi connectivity index (χ1n) is 6.91. The lowest BCUT2D eigenvalue weighted by Gasteiger charge is -2.14. The van der Waals surface area contributed by atoms with Crippen LogP contribution in [-0.4, -0.2) is 31.1 Å². The van der Waals surface area contributed by atoms with Crippen molar-refractivity contribution in [2.75, 3.05) is 26.2 Å². The van der Waals surface area contributed by atoms with Crippen molar-refractivity contribution >= 4 is 0 Å². The second-order valence-corrected chi connectivity index (χ2v) is 5.00. The molecule has 102 valence electrons. The van der Waals surface area contributed by atoms with E-state index in [1.165, 1.54) is 38.1 Å². The Kier molecular flexibility index (Phi) is 5.31. The van der Waals surface area contributed by atoms with Crippen LogP contribution in [0.4, 0.5) is 4.39 Å². The van der Waals surface area contributed by atoms with Gasteiger partial charge in [0, 0.05) is 12.1 Å². The van der Waals surface area contributed by atoms with Crippen LogP contribution in [-0.2, 0) is 6.54 Å². The molecule has 0 aliphatic carbocycles. The Morgan fingerprint density at radius 3 is 2.84 bits per heavy atom. The molecule has 1 aromatic rings. The molecular formula is C15H20FN3. The molecule has 1 aliphatic heterocycles. The van der Waals surface area contributed by atoms with E-state index in [9.17, 15) is 4.39 Å². The SMILES string of the molecule is N#Cc1ccc(F)c(CNCCCN2CCCC2)c1. The van der Waals surface area contributed by atoms with Gasteiger partial charge in [-0.15, -0.1) is 0 Å². The molecule has 1 N–H and O–H groups in total. The molecule has 2 rings (SSSR count). The van der Waals surface area contributed by atoms with E-state index < -0.39 is 0 Å². The summed E-state index contributed by atoms with van der Waals surface area (Å²) < 4.78 is 13.5. The number of benzene rings is 1. The van der Waals surface area contributed by atoms with Crippen molar-refractivity contribution in [2.45, 2.75) is 25.8 Å². The first kappa shape index (κ1) is 14.0. The molecule has 0 radical (unpaired) electrons. The fraction of sp³-hybridized carbons (Fsp3) is 0.533. The van der Waals surface area contributed by atoms with Gasteiger partial charge in [0.15, 0.2) is 0 Å². The Labute approximate surface area is 114 Å². The smallest absolute Gasteiger partial charge is 0.127 e. The van der Waals surface area contributed by atoms with Gasteiger partial charge in [-0.25, -0.2) is 4.39 Å². The van der Waals surface area contributed by atoms with E-state index in [2.05, 4.69) is 10.2 Å². The predicted octanol–water partition coefficient (Wildman–Crippen LogP) is 2.27. The summed E-state index contributed by atoms with van der Waals surface area (Å²) in [6.45, 7) is 4.93. The van der Waals surface area contributed by atoms with E-state index in [4.69, 9.17) is 5.26 Å². The maximum absolute atomic E-state index is 13.5. The van der Waals surface area contributed by atoms with Gasteiger partial charge < -0.3 is 10.2 Å². The van der Waals surface area contributed by atoms with Gasteiger partial charge in [0.1, 0.15) is 5.82 Å². The molecule has 0 aromatic heterocycles. The third-order valence-corrected chi connectivity index (χ3v) is 3.52. The number of rotatable bonds is 6. The second kappa shape index (κ2) is 7.22. The third-order valence-electron chi connectivity index (χ3n) is 3.52. The van der Waals surface area contributed by atoms with Crippen LogP contribution >= 0.6 is 0 Å². The first-order valence-corrected chi connectivity index (χ1v) is 6.91. The number of hydrogen-bond donors (Lipinski definition) is 1. The normalized spacial score (nSPS) is 15.6. The highest BCUT2D eigenvalue weighted by molar-refractivity contribution is 5.33. The van der Waals surface area contributed by atoms with Crippen molar-refractivity contribution in [1.29, 1.82) is 5.26 Å². The Hall–Kier alpha value is -1.44. The van der Waals surface area contributed by atoms with Crippen molar-refractivity contribution in [2.24, 2.45) is 0 Å². The highest BCUT2D eigenvalue weighted by Gasteiger charge is 2.10. The van der Waals surface area contributed by atoms with Crippen molar-refractivity contribution < 1.29 is 4.39 Å². The number of hydrogen-bond acceptors (Lipinski definition) is 3. The van der Waals surface area contributed by atoms with E-state index >= 15 is 0 Å². The molecule has 0 atom stereocenters. The molecule has 3 nitrogen and oxygen atoms in total. The summed E-state index contributed by atoms with van der Waals surface area (Å²) in [6, 6.07) is 6.51. The summed E-state index contributed by atoms with van der Waals surface area (Å²) in [7, 11) is 0. The number of halogens is 1. The van der Waals surface area contributed by atoms with E-state index in [0.29, 0.717) is 17.7 Å². The van der Waals surface area contributed by atoms with Crippen LogP contribution in [0.3, 0.4) is 0 Å². The first-order chi connectivity index (χ1) is 9.29. The van der Waals surface area contributed by atoms with Crippen molar-refractivity contribution in [3.63, 3.8) is 0 Å². The molecule has 0 unspecified atom stereocenters. The Morgan fingerprint density at radius 1 is 1.32 bits per heavy atom. The maximum Gasteiger partial charge on any atom is 0.127 e. The fourth-order valence-electron chi connectivity index (χ4n) is 2.44.